The van der Waals surface area contributed by atoms with Gasteiger partial charge in [0.25, 0.3) is 0 Å². The van der Waals surface area contributed by atoms with Crippen LogP contribution in [0.25, 0.3) is 0 Å². The minimum absolute atomic E-state index is 0.521. The molecule has 1 rings (SSSR count). The predicted octanol–water partition coefficient (Wildman–Crippen LogP) is 2.28. The third-order valence-corrected chi connectivity index (χ3v) is 2.20. The zero-order valence-corrected chi connectivity index (χ0v) is 8.17. The quantitative estimate of drug-likeness (QED) is 0.671. The van der Waals surface area contributed by atoms with Gasteiger partial charge in [-0.05, 0) is 13.0 Å². The first kappa shape index (κ1) is 9.33. The number of hydrogen-bond acceptors (Lipinski definition) is 2. The number of anilines is 1. The molecule has 0 amide bonds. The first-order valence-corrected chi connectivity index (χ1v) is 4.53. The summed E-state index contributed by atoms with van der Waals surface area (Å²) in [5.41, 5.74) is 2.26. The highest BCUT2D eigenvalue weighted by molar-refractivity contribution is 6.17. The van der Waals surface area contributed by atoms with Gasteiger partial charge in [0.2, 0.25) is 0 Å². The Morgan fingerprint density at radius 2 is 2.33 bits per heavy atom. The van der Waals surface area contributed by atoms with Crippen molar-refractivity contribution in [3.63, 3.8) is 0 Å². The standard InChI is InChI=1S/C9H13ClN2/c1-3-12(2)9-4-5-11-7-8(9)6-10/h4-5,7H,3,6H2,1-2H3. The first-order valence-electron chi connectivity index (χ1n) is 3.99. The van der Waals surface area contributed by atoms with Gasteiger partial charge >= 0.3 is 0 Å². The molecule has 0 unspecified atom stereocenters. The second kappa shape index (κ2) is 4.31. The topological polar surface area (TPSA) is 16.1 Å². The van der Waals surface area contributed by atoms with E-state index in [-0.39, 0.29) is 0 Å². The molecule has 1 aromatic heterocycles. The van der Waals surface area contributed by atoms with Crippen LogP contribution in [0.1, 0.15) is 12.5 Å². The van der Waals surface area contributed by atoms with Crippen LogP contribution < -0.4 is 4.90 Å². The first-order chi connectivity index (χ1) is 5.79. The van der Waals surface area contributed by atoms with Crippen molar-refractivity contribution in [2.75, 3.05) is 18.5 Å². The van der Waals surface area contributed by atoms with Crippen LogP contribution in [0.5, 0.6) is 0 Å². The van der Waals surface area contributed by atoms with Gasteiger partial charge < -0.3 is 4.90 Å². The lowest BCUT2D eigenvalue weighted by atomic mass is 10.2. The minimum Gasteiger partial charge on any atom is -0.375 e. The van der Waals surface area contributed by atoms with Gasteiger partial charge in [0, 0.05) is 37.2 Å². The molecule has 0 N–H and O–H groups in total. The fourth-order valence-corrected chi connectivity index (χ4v) is 1.27. The van der Waals surface area contributed by atoms with Crippen molar-refractivity contribution in [2.45, 2.75) is 12.8 Å². The van der Waals surface area contributed by atoms with Gasteiger partial charge in [-0.25, -0.2) is 0 Å². The third-order valence-electron chi connectivity index (χ3n) is 1.91. The summed E-state index contributed by atoms with van der Waals surface area (Å²) in [4.78, 5) is 6.17. The summed E-state index contributed by atoms with van der Waals surface area (Å²) in [6.07, 6.45) is 3.60. The van der Waals surface area contributed by atoms with E-state index in [0.29, 0.717) is 5.88 Å². The smallest absolute Gasteiger partial charge is 0.0509 e. The highest BCUT2D eigenvalue weighted by Gasteiger charge is 2.03. The van der Waals surface area contributed by atoms with Crippen molar-refractivity contribution < 1.29 is 0 Å². The SMILES string of the molecule is CCN(C)c1ccncc1CCl. The normalized spacial score (nSPS) is 9.92. The summed E-state index contributed by atoms with van der Waals surface area (Å²) >= 11 is 5.77. The zero-order chi connectivity index (χ0) is 8.97. The predicted molar refractivity (Wildman–Crippen MR) is 52.7 cm³/mol. The lowest BCUT2D eigenvalue weighted by molar-refractivity contribution is 0.954. The van der Waals surface area contributed by atoms with Crippen molar-refractivity contribution in [1.82, 2.24) is 4.98 Å². The summed E-state index contributed by atoms with van der Waals surface area (Å²) in [6.45, 7) is 3.09. The van der Waals surface area contributed by atoms with Gasteiger partial charge in [-0.3, -0.25) is 4.98 Å². The average molecular weight is 185 g/mol. The van der Waals surface area contributed by atoms with Crippen LogP contribution in [0.2, 0.25) is 0 Å². The molecule has 0 aliphatic heterocycles. The summed E-state index contributed by atoms with van der Waals surface area (Å²) in [5, 5.41) is 0. The van der Waals surface area contributed by atoms with Crippen LogP contribution in [0.3, 0.4) is 0 Å². The molecule has 12 heavy (non-hydrogen) atoms. The molecule has 2 nitrogen and oxygen atoms in total. The number of halogens is 1. The Morgan fingerprint density at radius 3 is 2.92 bits per heavy atom. The van der Waals surface area contributed by atoms with E-state index in [2.05, 4.69) is 16.8 Å². The van der Waals surface area contributed by atoms with E-state index in [4.69, 9.17) is 11.6 Å². The second-order valence-electron chi connectivity index (χ2n) is 2.65. The molecule has 0 aliphatic carbocycles. The second-order valence-corrected chi connectivity index (χ2v) is 2.92. The Bertz CT molecular complexity index is 250. The Morgan fingerprint density at radius 1 is 1.58 bits per heavy atom. The lowest BCUT2D eigenvalue weighted by Gasteiger charge is -2.18. The van der Waals surface area contributed by atoms with Crippen LogP contribution in [-0.4, -0.2) is 18.6 Å². The number of hydrogen-bond donors (Lipinski definition) is 0. The van der Waals surface area contributed by atoms with E-state index < -0.39 is 0 Å². The number of nitrogens with zero attached hydrogens (tertiary/aromatic N) is 2. The van der Waals surface area contributed by atoms with E-state index in [1.54, 1.807) is 6.20 Å². The molecular formula is C9H13ClN2. The maximum absolute atomic E-state index is 5.77. The van der Waals surface area contributed by atoms with E-state index in [9.17, 15) is 0 Å². The molecule has 0 saturated heterocycles. The van der Waals surface area contributed by atoms with Crippen molar-refractivity contribution >= 4 is 17.3 Å². The molecule has 0 spiro atoms. The van der Waals surface area contributed by atoms with Gasteiger partial charge in [0.1, 0.15) is 0 Å². The summed E-state index contributed by atoms with van der Waals surface area (Å²) < 4.78 is 0. The van der Waals surface area contributed by atoms with Gasteiger partial charge in [-0.1, -0.05) is 0 Å². The van der Waals surface area contributed by atoms with Crippen molar-refractivity contribution in [3.8, 4) is 0 Å². The van der Waals surface area contributed by atoms with Crippen LogP contribution in [0.15, 0.2) is 18.5 Å². The van der Waals surface area contributed by atoms with Crippen LogP contribution in [0.4, 0.5) is 5.69 Å². The Hall–Kier alpha value is -0.760. The average Bonchev–Trinajstić information content (AvgIpc) is 2.16. The maximum atomic E-state index is 5.77. The molecule has 3 heteroatoms. The highest BCUT2D eigenvalue weighted by Crippen LogP contribution is 2.18. The van der Waals surface area contributed by atoms with E-state index in [0.717, 1.165) is 12.1 Å². The van der Waals surface area contributed by atoms with Crippen LogP contribution >= 0.6 is 11.6 Å². The Labute approximate surface area is 78.2 Å². The molecule has 0 atom stereocenters. The van der Waals surface area contributed by atoms with E-state index >= 15 is 0 Å². The lowest BCUT2D eigenvalue weighted by Crippen LogP contribution is -2.17. The Kier molecular flexibility index (Phi) is 3.35. The maximum Gasteiger partial charge on any atom is 0.0509 e. The summed E-state index contributed by atoms with van der Waals surface area (Å²) in [7, 11) is 2.05. The van der Waals surface area contributed by atoms with Crippen LogP contribution in [0, 0.1) is 0 Å². The number of pyridine rings is 1. The van der Waals surface area contributed by atoms with Crippen LogP contribution in [-0.2, 0) is 5.88 Å². The largest absolute Gasteiger partial charge is 0.375 e. The van der Waals surface area contributed by atoms with Crippen molar-refractivity contribution in [2.24, 2.45) is 0 Å². The zero-order valence-electron chi connectivity index (χ0n) is 7.42. The molecule has 1 heterocycles. The monoisotopic (exact) mass is 184 g/mol. The van der Waals surface area contributed by atoms with Crippen molar-refractivity contribution in [3.05, 3.63) is 24.0 Å². The Balaban J connectivity index is 2.96. The molecule has 0 aromatic carbocycles. The van der Waals surface area contributed by atoms with Gasteiger partial charge in [-0.2, -0.15) is 0 Å². The summed E-state index contributed by atoms with van der Waals surface area (Å²) in [5.74, 6) is 0.521. The summed E-state index contributed by atoms with van der Waals surface area (Å²) in [6, 6.07) is 1.99. The third kappa shape index (κ3) is 1.89. The molecule has 0 bridgehead atoms. The number of rotatable bonds is 3. The minimum atomic E-state index is 0.521. The molecule has 1 aromatic rings. The molecule has 0 radical (unpaired) electrons. The van der Waals surface area contributed by atoms with Crippen molar-refractivity contribution in [1.29, 1.82) is 0 Å². The number of alkyl halides is 1. The fourth-order valence-electron chi connectivity index (χ4n) is 1.07. The van der Waals surface area contributed by atoms with E-state index in [1.807, 2.05) is 19.3 Å². The molecule has 0 aliphatic rings. The molecule has 66 valence electrons. The molecule has 0 fully saturated rings. The van der Waals surface area contributed by atoms with Gasteiger partial charge in [-0.15, -0.1) is 11.6 Å². The van der Waals surface area contributed by atoms with Gasteiger partial charge in [0.05, 0.1) is 5.88 Å². The number of aromatic nitrogens is 1. The highest BCUT2D eigenvalue weighted by atomic mass is 35.5. The van der Waals surface area contributed by atoms with E-state index in [1.165, 1.54) is 5.69 Å². The fraction of sp³-hybridized carbons (Fsp3) is 0.444. The van der Waals surface area contributed by atoms with Gasteiger partial charge in [0.15, 0.2) is 0 Å². The molecule has 0 saturated carbocycles. The molecular weight excluding hydrogens is 172 g/mol.